The van der Waals surface area contributed by atoms with Crippen LogP contribution in [-0.2, 0) is 14.3 Å². The molecule has 0 radical (unpaired) electrons. The Morgan fingerprint density at radius 1 is 1.30 bits per heavy atom. The average Bonchev–Trinajstić information content (AvgIpc) is 2.82. The monoisotopic (exact) mass is 282 g/mol. The third kappa shape index (κ3) is 4.20. The normalized spacial score (nSPS) is 21.1. The predicted molar refractivity (Wildman–Crippen MR) is 76.2 cm³/mol. The van der Waals surface area contributed by atoms with Crippen LogP contribution in [-0.4, -0.2) is 60.5 Å². The molecule has 0 N–H and O–H groups in total. The lowest BCUT2D eigenvalue weighted by molar-refractivity contribution is -0.140. The second kappa shape index (κ2) is 7.07. The first-order valence-corrected chi connectivity index (χ1v) is 7.73. The zero-order valence-corrected chi connectivity index (χ0v) is 12.6. The van der Waals surface area contributed by atoms with Gasteiger partial charge in [0.2, 0.25) is 11.8 Å². The van der Waals surface area contributed by atoms with Gasteiger partial charge in [-0.25, -0.2) is 0 Å². The quantitative estimate of drug-likeness (QED) is 0.763. The second-order valence-electron chi connectivity index (χ2n) is 6.23. The van der Waals surface area contributed by atoms with Gasteiger partial charge < -0.3 is 14.5 Å². The number of piperidine rings is 1. The number of hydrogen-bond donors (Lipinski definition) is 0. The smallest absolute Gasteiger partial charge is 0.242 e. The molecule has 2 aliphatic heterocycles. The highest BCUT2D eigenvalue weighted by atomic mass is 16.5. The molecule has 0 aromatic carbocycles. The minimum absolute atomic E-state index is 0.0857. The fourth-order valence-electron chi connectivity index (χ4n) is 2.73. The molecular weight excluding hydrogens is 256 g/mol. The van der Waals surface area contributed by atoms with Crippen LogP contribution in [0, 0.1) is 5.92 Å². The van der Waals surface area contributed by atoms with Gasteiger partial charge in [0, 0.05) is 32.7 Å². The molecule has 0 aromatic heterocycles. The number of amides is 2. The van der Waals surface area contributed by atoms with Gasteiger partial charge in [0.15, 0.2) is 0 Å². The molecule has 5 nitrogen and oxygen atoms in total. The van der Waals surface area contributed by atoms with E-state index in [9.17, 15) is 9.59 Å². The summed E-state index contributed by atoms with van der Waals surface area (Å²) in [4.78, 5) is 27.3. The molecule has 2 fully saturated rings. The molecule has 114 valence electrons. The molecule has 2 heterocycles. The van der Waals surface area contributed by atoms with Gasteiger partial charge in [-0.15, -0.1) is 0 Å². The molecule has 0 bridgehead atoms. The number of ether oxygens (including phenoxy) is 1. The molecule has 0 spiro atoms. The van der Waals surface area contributed by atoms with Crippen molar-refractivity contribution in [3.8, 4) is 0 Å². The lowest BCUT2D eigenvalue weighted by atomic mass is 10.1. The van der Waals surface area contributed by atoms with Crippen LogP contribution in [0.5, 0.6) is 0 Å². The van der Waals surface area contributed by atoms with Crippen LogP contribution in [0.25, 0.3) is 0 Å². The van der Waals surface area contributed by atoms with Crippen molar-refractivity contribution in [2.45, 2.75) is 45.6 Å². The third-order valence-corrected chi connectivity index (χ3v) is 3.96. The number of carbonyl (C=O) groups excluding carboxylic acids is 2. The molecule has 20 heavy (non-hydrogen) atoms. The fraction of sp³-hybridized carbons (Fsp3) is 0.867. The molecule has 0 atom stereocenters. The summed E-state index contributed by atoms with van der Waals surface area (Å²) < 4.78 is 5.82. The van der Waals surface area contributed by atoms with Gasteiger partial charge in [-0.2, -0.15) is 0 Å². The SMILES string of the molecule is CC(C)COC1CCN(C(=O)CN2CCCC2=O)CC1. The van der Waals surface area contributed by atoms with Gasteiger partial charge in [0.25, 0.3) is 0 Å². The van der Waals surface area contributed by atoms with Crippen molar-refractivity contribution < 1.29 is 14.3 Å². The van der Waals surface area contributed by atoms with Crippen molar-refractivity contribution in [3.63, 3.8) is 0 Å². The van der Waals surface area contributed by atoms with Crippen LogP contribution < -0.4 is 0 Å². The maximum atomic E-state index is 12.2. The minimum Gasteiger partial charge on any atom is -0.378 e. The van der Waals surface area contributed by atoms with Crippen LogP contribution in [0.3, 0.4) is 0 Å². The van der Waals surface area contributed by atoms with Crippen molar-refractivity contribution in [2.75, 3.05) is 32.8 Å². The zero-order valence-electron chi connectivity index (χ0n) is 12.6. The fourth-order valence-corrected chi connectivity index (χ4v) is 2.73. The highest BCUT2D eigenvalue weighted by Crippen LogP contribution is 2.16. The van der Waals surface area contributed by atoms with Crippen LogP contribution >= 0.6 is 0 Å². The Bertz CT molecular complexity index is 349. The standard InChI is InChI=1S/C15H26N2O3/c1-12(2)11-20-13-5-8-16(9-6-13)15(19)10-17-7-3-4-14(17)18/h12-13H,3-11H2,1-2H3. The maximum Gasteiger partial charge on any atom is 0.242 e. The Morgan fingerprint density at radius 2 is 2.00 bits per heavy atom. The largest absolute Gasteiger partial charge is 0.378 e. The van der Waals surface area contributed by atoms with E-state index in [1.54, 1.807) is 4.90 Å². The first-order chi connectivity index (χ1) is 9.56. The van der Waals surface area contributed by atoms with Crippen LogP contribution in [0.1, 0.15) is 39.5 Å². The van der Waals surface area contributed by atoms with Gasteiger partial charge in [-0.1, -0.05) is 13.8 Å². The van der Waals surface area contributed by atoms with E-state index < -0.39 is 0 Å². The Morgan fingerprint density at radius 3 is 2.55 bits per heavy atom. The van der Waals surface area contributed by atoms with Gasteiger partial charge >= 0.3 is 0 Å². The lowest BCUT2D eigenvalue weighted by Crippen LogP contribution is -2.45. The molecule has 0 aliphatic carbocycles. The maximum absolute atomic E-state index is 12.2. The molecule has 0 saturated carbocycles. The predicted octanol–water partition coefficient (Wildman–Crippen LogP) is 1.27. The number of nitrogens with zero attached hydrogens (tertiary/aromatic N) is 2. The lowest BCUT2D eigenvalue weighted by Gasteiger charge is -2.33. The van der Waals surface area contributed by atoms with Crippen molar-refractivity contribution in [2.24, 2.45) is 5.92 Å². The highest BCUT2D eigenvalue weighted by Gasteiger charge is 2.27. The molecule has 2 rings (SSSR count). The second-order valence-corrected chi connectivity index (χ2v) is 6.23. The first kappa shape index (κ1) is 15.3. The minimum atomic E-state index is 0.0857. The van der Waals surface area contributed by atoms with Crippen molar-refractivity contribution in [1.82, 2.24) is 9.80 Å². The molecule has 2 aliphatic rings. The summed E-state index contributed by atoms with van der Waals surface area (Å²) in [6, 6.07) is 0. The average molecular weight is 282 g/mol. The number of rotatable bonds is 5. The van der Waals surface area contributed by atoms with Crippen LogP contribution in [0.15, 0.2) is 0 Å². The van der Waals surface area contributed by atoms with Crippen LogP contribution in [0.2, 0.25) is 0 Å². The van der Waals surface area contributed by atoms with E-state index in [0.29, 0.717) is 12.3 Å². The van der Waals surface area contributed by atoms with E-state index in [2.05, 4.69) is 13.8 Å². The Kier molecular flexibility index (Phi) is 5.40. The van der Waals surface area contributed by atoms with Crippen LogP contribution in [0.4, 0.5) is 0 Å². The summed E-state index contributed by atoms with van der Waals surface area (Å²) in [6.07, 6.45) is 3.59. The Hall–Kier alpha value is -1.10. The zero-order chi connectivity index (χ0) is 14.5. The summed E-state index contributed by atoms with van der Waals surface area (Å²) in [5.74, 6) is 0.756. The molecule has 0 aromatic rings. The Labute approximate surface area is 121 Å². The summed E-state index contributed by atoms with van der Waals surface area (Å²) in [6.45, 7) is 7.58. The molecule has 2 saturated heterocycles. The summed E-state index contributed by atoms with van der Waals surface area (Å²) >= 11 is 0. The topological polar surface area (TPSA) is 49.9 Å². The highest BCUT2D eigenvalue weighted by molar-refractivity contribution is 5.85. The van der Waals surface area contributed by atoms with E-state index in [1.165, 1.54) is 0 Å². The number of hydrogen-bond acceptors (Lipinski definition) is 3. The summed E-state index contributed by atoms with van der Waals surface area (Å²) in [5, 5.41) is 0. The number of likely N-dealkylation sites (tertiary alicyclic amines) is 2. The van der Waals surface area contributed by atoms with E-state index in [1.807, 2.05) is 4.90 Å². The van der Waals surface area contributed by atoms with E-state index in [4.69, 9.17) is 4.74 Å². The molecular formula is C15H26N2O3. The van der Waals surface area contributed by atoms with Crippen molar-refractivity contribution in [1.29, 1.82) is 0 Å². The van der Waals surface area contributed by atoms with Crippen molar-refractivity contribution >= 4 is 11.8 Å². The third-order valence-electron chi connectivity index (χ3n) is 3.96. The first-order valence-electron chi connectivity index (χ1n) is 7.73. The number of carbonyl (C=O) groups is 2. The summed E-state index contributed by atoms with van der Waals surface area (Å²) in [7, 11) is 0. The van der Waals surface area contributed by atoms with E-state index in [0.717, 1.165) is 45.5 Å². The van der Waals surface area contributed by atoms with Gasteiger partial charge in [0.1, 0.15) is 0 Å². The molecule has 5 heteroatoms. The Balaban J connectivity index is 1.70. The van der Waals surface area contributed by atoms with E-state index >= 15 is 0 Å². The molecule has 0 unspecified atom stereocenters. The van der Waals surface area contributed by atoms with E-state index in [-0.39, 0.29) is 24.5 Å². The van der Waals surface area contributed by atoms with Gasteiger partial charge in [-0.05, 0) is 25.2 Å². The van der Waals surface area contributed by atoms with Crippen molar-refractivity contribution in [3.05, 3.63) is 0 Å². The van der Waals surface area contributed by atoms with Gasteiger partial charge in [-0.3, -0.25) is 9.59 Å². The molecule has 2 amide bonds. The summed E-state index contributed by atoms with van der Waals surface area (Å²) in [5.41, 5.74) is 0. The van der Waals surface area contributed by atoms with Gasteiger partial charge in [0.05, 0.1) is 12.6 Å².